The zero-order valence-electron chi connectivity index (χ0n) is 19.4. The first kappa shape index (κ1) is 21.6. The van der Waals surface area contributed by atoms with Crippen LogP contribution < -0.4 is 15.2 Å². The van der Waals surface area contributed by atoms with E-state index in [2.05, 4.69) is 6.92 Å². The van der Waals surface area contributed by atoms with E-state index in [1.807, 2.05) is 55.5 Å². The molecule has 0 N–H and O–H groups in total. The van der Waals surface area contributed by atoms with Gasteiger partial charge >= 0.3 is 0 Å². The monoisotopic (exact) mass is 451 g/mol. The molecule has 1 aliphatic heterocycles. The molecule has 0 spiro atoms. The van der Waals surface area contributed by atoms with Crippen molar-refractivity contribution in [2.45, 2.75) is 20.3 Å². The first-order valence-corrected chi connectivity index (χ1v) is 11.3. The van der Waals surface area contributed by atoms with E-state index in [1.165, 1.54) is 0 Å². The highest BCUT2D eigenvalue weighted by Gasteiger charge is 2.32. The SMILES string of the molecule is CCCN1C(=O)/C(=C\c2nc3ccccc3c(=O)n2-c2ccc(OC)cc2)c2cc(C)ccc21. The Labute approximate surface area is 197 Å². The largest absolute Gasteiger partial charge is 0.497 e. The molecule has 4 aromatic rings. The topological polar surface area (TPSA) is 64.4 Å². The van der Waals surface area contributed by atoms with Crippen LogP contribution in [0.2, 0.25) is 0 Å². The summed E-state index contributed by atoms with van der Waals surface area (Å²) in [5.41, 5.74) is 4.40. The number of hydrogen-bond donors (Lipinski definition) is 0. The lowest BCUT2D eigenvalue weighted by Crippen LogP contribution is -2.27. The molecule has 1 amide bonds. The number of methoxy groups -OCH3 is 1. The summed E-state index contributed by atoms with van der Waals surface area (Å²) in [5, 5.41) is 0.516. The number of anilines is 1. The molecule has 170 valence electrons. The molecule has 6 nitrogen and oxygen atoms in total. The van der Waals surface area contributed by atoms with Gasteiger partial charge in [-0.25, -0.2) is 4.98 Å². The van der Waals surface area contributed by atoms with Crippen LogP contribution in [0.25, 0.3) is 28.2 Å². The van der Waals surface area contributed by atoms with Crippen LogP contribution in [0, 0.1) is 6.92 Å². The Morgan fingerprint density at radius 2 is 1.76 bits per heavy atom. The number of rotatable bonds is 5. The summed E-state index contributed by atoms with van der Waals surface area (Å²) in [7, 11) is 1.60. The van der Waals surface area contributed by atoms with E-state index in [0.29, 0.717) is 40.3 Å². The zero-order valence-corrected chi connectivity index (χ0v) is 19.4. The molecule has 0 atom stereocenters. The number of aryl methyl sites for hydroxylation is 1. The van der Waals surface area contributed by atoms with Crippen LogP contribution in [-0.2, 0) is 4.79 Å². The van der Waals surface area contributed by atoms with Gasteiger partial charge in [0, 0.05) is 12.1 Å². The Bertz CT molecular complexity index is 1500. The number of benzene rings is 3. The van der Waals surface area contributed by atoms with E-state index >= 15 is 0 Å². The molecule has 34 heavy (non-hydrogen) atoms. The van der Waals surface area contributed by atoms with Gasteiger partial charge in [0.2, 0.25) is 0 Å². The number of ether oxygens (including phenoxy) is 1. The fourth-order valence-corrected chi connectivity index (χ4v) is 4.41. The Hall–Kier alpha value is -4.19. The van der Waals surface area contributed by atoms with Crippen molar-refractivity contribution in [2.24, 2.45) is 0 Å². The van der Waals surface area contributed by atoms with E-state index in [0.717, 1.165) is 23.2 Å². The summed E-state index contributed by atoms with van der Waals surface area (Å²) in [6.45, 7) is 4.68. The maximum Gasteiger partial charge on any atom is 0.266 e. The zero-order chi connectivity index (χ0) is 23.8. The summed E-state index contributed by atoms with van der Waals surface area (Å²) < 4.78 is 6.83. The summed E-state index contributed by atoms with van der Waals surface area (Å²) in [6, 6.07) is 20.5. The minimum absolute atomic E-state index is 0.0776. The van der Waals surface area contributed by atoms with Gasteiger partial charge in [0.15, 0.2) is 0 Å². The van der Waals surface area contributed by atoms with Crippen molar-refractivity contribution in [1.82, 2.24) is 9.55 Å². The smallest absolute Gasteiger partial charge is 0.266 e. The van der Waals surface area contributed by atoms with Gasteiger partial charge in [0.05, 0.1) is 35.0 Å². The van der Waals surface area contributed by atoms with Gasteiger partial charge in [-0.05, 0) is 68.0 Å². The van der Waals surface area contributed by atoms with Gasteiger partial charge in [-0.1, -0.05) is 30.7 Å². The van der Waals surface area contributed by atoms with Crippen LogP contribution >= 0.6 is 0 Å². The standard InChI is InChI=1S/C28H25N3O3/c1-4-15-30-25-14-9-18(2)16-22(25)23(27(30)32)17-26-29-24-8-6-5-7-21(24)28(33)31(26)19-10-12-20(34-3)13-11-19/h5-14,16-17H,4,15H2,1-3H3/b23-17-. The number of carbonyl (C=O) groups is 1. The van der Waals surface area contributed by atoms with Crippen molar-refractivity contribution in [3.63, 3.8) is 0 Å². The Kier molecular flexibility index (Phi) is 5.49. The number of fused-ring (bicyclic) bond motifs is 2. The quantitative estimate of drug-likeness (QED) is 0.401. The Morgan fingerprint density at radius 3 is 2.50 bits per heavy atom. The lowest BCUT2D eigenvalue weighted by atomic mass is 10.0. The van der Waals surface area contributed by atoms with Crippen molar-refractivity contribution in [2.75, 3.05) is 18.6 Å². The number of hydrogen-bond acceptors (Lipinski definition) is 4. The highest BCUT2D eigenvalue weighted by molar-refractivity contribution is 6.35. The second kappa shape index (κ2) is 8.63. The third-order valence-electron chi connectivity index (χ3n) is 6.06. The number of para-hydroxylation sites is 1. The van der Waals surface area contributed by atoms with Crippen LogP contribution in [0.3, 0.4) is 0 Å². The summed E-state index contributed by atoms with van der Waals surface area (Å²) in [6.07, 6.45) is 2.59. The van der Waals surface area contributed by atoms with Gasteiger partial charge < -0.3 is 9.64 Å². The molecular weight excluding hydrogens is 426 g/mol. The molecular formula is C28H25N3O3. The average molecular weight is 452 g/mol. The van der Waals surface area contributed by atoms with Gasteiger partial charge in [0.1, 0.15) is 11.6 Å². The van der Waals surface area contributed by atoms with Crippen molar-refractivity contribution < 1.29 is 9.53 Å². The molecule has 1 aromatic heterocycles. The number of amides is 1. The Morgan fingerprint density at radius 1 is 1.00 bits per heavy atom. The molecule has 6 heteroatoms. The van der Waals surface area contributed by atoms with E-state index in [1.54, 1.807) is 40.9 Å². The Balaban J connectivity index is 1.78. The van der Waals surface area contributed by atoms with Crippen molar-refractivity contribution >= 4 is 34.1 Å². The van der Waals surface area contributed by atoms with E-state index < -0.39 is 0 Å². The molecule has 3 aromatic carbocycles. The molecule has 0 saturated heterocycles. The molecule has 0 fully saturated rings. The molecule has 0 aliphatic carbocycles. The van der Waals surface area contributed by atoms with Gasteiger partial charge in [-0.3, -0.25) is 14.2 Å². The number of nitrogens with zero attached hydrogens (tertiary/aromatic N) is 3. The summed E-state index contributed by atoms with van der Waals surface area (Å²) in [4.78, 5) is 33.7. The van der Waals surface area contributed by atoms with E-state index in [4.69, 9.17) is 9.72 Å². The normalized spacial score (nSPS) is 14.1. The van der Waals surface area contributed by atoms with Gasteiger partial charge in [-0.15, -0.1) is 0 Å². The maximum absolute atomic E-state index is 13.6. The molecule has 5 rings (SSSR count). The second-order valence-corrected chi connectivity index (χ2v) is 8.36. The summed E-state index contributed by atoms with van der Waals surface area (Å²) in [5.74, 6) is 1.02. The van der Waals surface area contributed by atoms with Crippen molar-refractivity contribution in [3.8, 4) is 11.4 Å². The molecule has 2 heterocycles. The predicted octanol–water partition coefficient (Wildman–Crippen LogP) is 5.00. The first-order valence-electron chi connectivity index (χ1n) is 11.3. The number of carbonyl (C=O) groups excluding carboxylic acids is 1. The van der Waals surface area contributed by atoms with Crippen LogP contribution in [0.5, 0.6) is 5.75 Å². The second-order valence-electron chi connectivity index (χ2n) is 8.36. The van der Waals surface area contributed by atoms with Crippen LogP contribution in [0.15, 0.2) is 71.5 Å². The maximum atomic E-state index is 13.6. The fourth-order valence-electron chi connectivity index (χ4n) is 4.41. The lowest BCUT2D eigenvalue weighted by molar-refractivity contribution is -0.113. The highest BCUT2D eigenvalue weighted by Crippen LogP contribution is 2.38. The van der Waals surface area contributed by atoms with Crippen LogP contribution in [0.4, 0.5) is 5.69 Å². The fraction of sp³-hybridized carbons (Fsp3) is 0.179. The van der Waals surface area contributed by atoms with E-state index in [-0.39, 0.29) is 11.5 Å². The number of aromatic nitrogens is 2. The first-order chi connectivity index (χ1) is 16.5. The van der Waals surface area contributed by atoms with Crippen LogP contribution in [-0.4, -0.2) is 29.1 Å². The molecule has 0 unspecified atom stereocenters. The average Bonchev–Trinajstić information content (AvgIpc) is 3.10. The van der Waals surface area contributed by atoms with Crippen LogP contribution in [0.1, 0.15) is 30.3 Å². The van der Waals surface area contributed by atoms with Gasteiger partial charge in [0.25, 0.3) is 11.5 Å². The highest BCUT2D eigenvalue weighted by atomic mass is 16.5. The summed E-state index contributed by atoms with van der Waals surface area (Å²) >= 11 is 0. The third-order valence-corrected chi connectivity index (χ3v) is 6.06. The van der Waals surface area contributed by atoms with Crippen molar-refractivity contribution in [3.05, 3.63) is 94.0 Å². The molecule has 0 saturated carbocycles. The predicted molar refractivity (Wildman–Crippen MR) is 136 cm³/mol. The minimum Gasteiger partial charge on any atom is -0.497 e. The molecule has 0 radical (unpaired) electrons. The minimum atomic E-state index is -0.192. The van der Waals surface area contributed by atoms with E-state index in [9.17, 15) is 9.59 Å². The molecule has 1 aliphatic rings. The molecule has 0 bridgehead atoms. The van der Waals surface area contributed by atoms with Gasteiger partial charge in [-0.2, -0.15) is 0 Å². The van der Waals surface area contributed by atoms with Crippen molar-refractivity contribution in [1.29, 1.82) is 0 Å². The lowest BCUT2D eigenvalue weighted by Gasteiger charge is -2.15. The third kappa shape index (κ3) is 3.57.